The number of aryl methyl sites for hydroxylation is 1. The number of imidazole rings is 1. The van der Waals surface area contributed by atoms with Gasteiger partial charge in [0.25, 0.3) is 0 Å². The summed E-state index contributed by atoms with van der Waals surface area (Å²) in [5.41, 5.74) is 7.95. The smallest absolute Gasteiger partial charge is 0.194 e. The summed E-state index contributed by atoms with van der Waals surface area (Å²) in [4.78, 5) is 5.56. The zero-order chi connectivity index (χ0) is 9.26. The molecular weight excluding hydrogens is 182 g/mol. The van der Waals surface area contributed by atoms with Crippen LogP contribution in [0.1, 0.15) is 18.3 Å². The van der Waals surface area contributed by atoms with E-state index < -0.39 is 0 Å². The Kier molecular flexibility index (Phi) is 2.33. The van der Waals surface area contributed by atoms with E-state index in [0.717, 1.165) is 23.5 Å². The van der Waals surface area contributed by atoms with Crippen molar-refractivity contribution in [1.29, 1.82) is 0 Å². The third-order valence-corrected chi connectivity index (χ3v) is 2.98. The zero-order valence-corrected chi connectivity index (χ0v) is 8.47. The van der Waals surface area contributed by atoms with Gasteiger partial charge in [-0.15, -0.1) is 11.3 Å². The molecule has 0 unspecified atom stereocenters. The summed E-state index contributed by atoms with van der Waals surface area (Å²) >= 11 is 1.69. The topological polar surface area (TPSA) is 43.3 Å². The van der Waals surface area contributed by atoms with Gasteiger partial charge in [-0.05, 0) is 13.0 Å². The number of nitrogens with two attached hydrogens (primary N) is 1. The summed E-state index contributed by atoms with van der Waals surface area (Å²) in [6.07, 6.45) is 4.03. The lowest BCUT2D eigenvalue weighted by molar-refractivity contribution is 0.906. The standard InChI is InChI=1S/C9H13N3S/c1-2-7-5-12-8(3-4-10)6-13-9(12)11-7/h5-6H,2-4,10H2,1H3. The van der Waals surface area contributed by atoms with Crippen LogP contribution in [-0.4, -0.2) is 15.9 Å². The maximum Gasteiger partial charge on any atom is 0.194 e. The number of aromatic nitrogens is 2. The highest BCUT2D eigenvalue weighted by atomic mass is 32.1. The van der Waals surface area contributed by atoms with Gasteiger partial charge in [0.1, 0.15) is 0 Å². The minimum atomic E-state index is 0.700. The van der Waals surface area contributed by atoms with Crippen molar-refractivity contribution in [3.8, 4) is 0 Å². The first-order valence-electron chi connectivity index (χ1n) is 4.49. The molecule has 0 radical (unpaired) electrons. The zero-order valence-electron chi connectivity index (χ0n) is 7.66. The van der Waals surface area contributed by atoms with Crippen molar-refractivity contribution in [2.24, 2.45) is 5.73 Å². The molecule has 70 valence electrons. The Hall–Kier alpha value is -0.870. The average molecular weight is 195 g/mol. The number of nitrogens with zero attached hydrogens (tertiary/aromatic N) is 2. The molecule has 13 heavy (non-hydrogen) atoms. The van der Waals surface area contributed by atoms with Gasteiger partial charge in [0, 0.05) is 23.7 Å². The van der Waals surface area contributed by atoms with Crippen molar-refractivity contribution >= 4 is 16.3 Å². The van der Waals surface area contributed by atoms with Crippen LogP contribution in [0.15, 0.2) is 11.6 Å². The molecule has 0 aliphatic rings. The molecule has 0 aliphatic carbocycles. The Morgan fingerprint density at radius 3 is 3.15 bits per heavy atom. The van der Waals surface area contributed by atoms with Crippen LogP contribution in [0.2, 0.25) is 0 Å². The predicted octanol–water partition coefficient (Wildman–Crippen LogP) is 1.46. The Morgan fingerprint density at radius 1 is 1.62 bits per heavy atom. The molecule has 0 bridgehead atoms. The van der Waals surface area contributed by atoms with E-state index in [9.17, 15) is 0 Å². The second kappa shape index (κ2) is 3.47. The van der Waals surface area contributed by atoms with Crippen LogP contribution in [0.4, 0.5) is 0 Å². The van der Waals surface area contributed by atoms with E-state index in [1.165, 1.54) is 5.69 Å². The third kappa shape index (κ3) is 1.47. The molecule has 2 rings (SSSR count). The Labute approximate surface area is 81.2 Å². The minimum Gasteiger partial charge on any atom is -0.330 e. The molecule has 0 saturated heterocycles. The largest absolute Gasteiger partial charge is 0.330 e. The van der Waals surface area contributed by atoms with Gasteiger partial charge in [0.05, 0.1) is 5.69 Å². The van der Waals surface area contributed by atoms with Gasteiger partial charge < -0.3 is 5.73 Å². The summed E-state index contributed by atoms with van der Waals surface area (Å²) in [6.45, 7) is 2.82. The van der Waals surface area contributed by atoms with Crippen molar-refractivity contribution in [1.82, 2.24) is 9.38 Å². The number of rotatable bonds is 3. The quantitative estimate of drug-likeness (QED) is 0.805. The number of fused-ring (bicyclic) bond motifs is 1. The molecule has 2 N–H and O–H groups in total. The third-order valence-electron chi connectivity index (χ3n) is 2.10. The lowest BCUT2D eigenvalue weighted by atomic mass is 10.3. The van der Waals surface area contributed by atoms with Crippen molar-refractivity contribution in [3.63, 3.8) is 0 Å². The van der Waals surface area contributed by atoms with Crippen LogP contribution >= 0.6 is 11.3 Å². The predicted molar refractivity (Wildman–Crippen MR) is 55.2 cm³/mol. The highest BCUT2D eigenvalue weighted by molar-refractivity contribution is 7.15. The fourth-order valence-electron chi connectivity index (χ4n) is 1.37. The molecule has 0 aliphatic heterocycles. The normalized spacial score (nSPS) is 11.2. The average Bonchev–Trinajstić information content (AvgIpc) is 2.67. The molecule has 0 atom stereocenters. The Morgan fingerprint density at radius 2 is 2.46 bits per heavy atom. The van der Waals surface area contributed by atoms with Gasteiger partial charge in [-0.1, -0.05) is 6.92 Å². The highest BCUT2D eigenvalue weighted by Crippen LogP contribution is 2.16. The van der Waals surface area contributed by atoms with E-state index in [1.807, 2.05) is 0 Å². The molecule has 0 spiro atoms. The van der Waals surface area contributed by atoms with Crippen LogP contribution in [-0.2, 0) is 12.8 Å². The van der Waals surface area contributed by atoms with Crippen molar-refractivity contribution in [3.05, 3.63) is 23.0 Å². The maximum absolute atomic E-state index is 5.52. The van der Waals surface area contributed by atoms with Gasteiger partial charge in [-0.3, -0.25) is 4.40 Å². The Bertz CT molecular complexity index is 402. The fourth-order valence-corrected chi connectivity index (χ4v) is 2.30. The van der Waals surface area contributed by atoms with Gasteiger partial charge >= 0.3 is 0 Å². The van der Waals surface area contributed by atoms with Crippen LogP contribution in [0.5, 0.6) is 0 Å². The molecular formula is C9H13N3S. The lowest BCUT2D eigenvalue weighted by Gasteiger charge is -1.93. The van der Waals surface area contributed by atoms with Crippen molar-refractivity contribution in [2.75, 3.05) is 6.54 Å². The number of hydrogen-bond donors (Lipinski definition) is 1. The number of thiazole rings is 1. The van der Waals surface area contributed by atoms with Crippen LogP contribution in [0.25, 0.3) is 4.96 Å². The minimum absolute atomic E-state index is 0.700. The fraction of sp³-hybridized carbons (Fsp3) is 0.444. The summed E-state index contributed by atoms with van der Waals surface area (Å²) in [7, 11) is 0. The molecule has 0 aromatic carbocycles. The molecule has 3 nitrogen and oxygen atoms in total. The molecule has 2 aromatic heterocycles. The molecule has 0 amide bonds. The van der Waals surface area contributed by atoms with Crippen molar-refractivity contribution in [2.45, 2.75) is 19.8 Å². The summed E-state index contributed by atoms with van der Waals surface area (Å²) in [5.74, 6) is 0. The van der Waals surface area contributed by atoms with E-state index in [0.29, 0.717) is 6.54 Å². The molecule has 0 saturated carbocycles. The maximum atomic E-state index is 5.52. The first-order chi connectivity index (χ1) is 6.35. The van der Waals surface area contributed by atoms with E-state index in [2.05, 4.69) is 27.9 Å². The van der Waals surface area contributed by atoms with Crippen LogP contribution < -0.4 is 5.73 Å². The summed E-state index contributed by atoms with van der Waals surface area (Å²) in [6, 6.07) is 0. The molecule has 2 heterocycles. The highest BCUT2D eigenvalue weighted by Gasteiger charge is 2.05. The van der Waals surface area contributed by atoms with E-state index >= 15 is 0 Å². The Balaban J connectivity index is 2.46. The van der Waals surface area contributed by atoms with Crippen molar-refractivity contribution < 1.29 is 0 Å². The number of hydrogen-bond acceptors (Lipinski definition) is 3. The lowest BCUT2D eigenvalue weighted by Crippen LogP contribution is -2.04. The second-order valence-corrected chi connectivity index (χ2v) is 3.84. The van der Waals surface area contributed by atoms with Gasteiger partial charge in [-0.2, -0.15) is 0 Å². The SMILES string of the molecule is CCc1cn2c(CCN)csc2n1. The van der Waals surface area contributed by atoms with Gasteiger partial charge in [-0.25, -0.2) is 4.98 Å². The van der Waals surface area contributed by atoms with Gasteiger partial charge in [0.2, 0.25) is 0 Å². The van der Waals surface area contributed by atoms with E-state index in [1.54, 1.807) is 11.3 Å². The first-order valence-corrected chi connectivity index (χ1v) is 5.37. The summed E-state index contributed by atoms with van der Waals surface area (Å²) in [5, 5.41) is 2.13. The van der Waals surface area contributed by atoms with E-state index in [-0.39, 0.29) is 0 Å². The van der Waals surface area contributed by atoms with E-state index in [4.69, 9.17) is 5.73 Å². The van der Waals surface area contributed by atoms with Crippen LogP contribution in [0, 0.1) is 0 Å². The molecule has 4 heteroatoms. The second-order valence-electron chi connectivity index (χ2n) is 3.00. The first kappa shape index (κ1) is 8.72. The molecule has 0 fully saturated rings. The molecule has 2 aromatic rings. The van der Waals surface area contributed by atoms with Crippen LogP contribution in [0.3, 0.4) is 0 Å². The van der Waals surface area contributed by atoms with Gasteiger partial charge in [0.15, 0.2) is 4.96 Å². The summed E-state index contributed by atoms with van der Waals surface area (Å²) < 4.78 is 2.15. The monoisotopic (exact) mass is 195 g/mol.